The van der Waals surface area contributed by atoms with Crippen molar-refractivity contribution in [2.45, 2.75) is 59.2 Å². The van der Waals surface area contributed by atoms with Crippen molar-refractivity contribution < 1.29 is 19.1 Å². The SMILES string of the molecule is C#C[C@H](C)OC(=O)c1ccccc1N/N=C(\Cl)C(=O)O[C@@H]1C[C@H](C)CC[C@H]1C(C)C. The second kappa shape index (κ2) is 11.0. The van der Waals surface area contributed by atoms with Crippen LogP contribution >= 0.6 is 11.6 Å². The molecule has 0 saturated heterocycles. The molecule has 0 aliphatic heterocycles. The van der Waals surface area contributed by atoms with E-state index in [2.05, 4.69) is 37.2 Å². The number of carbonyl (C=O) groups excluding carboxylic acids is 2. The molecule has 1 aromatic rings. The van der Waals surface area contributed by atoms with Gasteiger partial charge in [0.1, 0.15) is 6.10 Å². The fourth-order valence-corrected chi connectivity index (χ4v) is 3.69. The third-order valence-corrected chi connectivity index (χ3v) is 5.57. The van der Waals surface area contributed by atoms with E-state index < -0.39 is 18.0 Å². The number of ether oxygens (including phenoxy) is 2. The molecule has 1 aromatic carbocycles. The molecule has 1 N–H and O–H groups in total. The molecule has 162 valence electrons. The molecule has 2 rings (SSSR count). The third kappa shape index (κ3) is 6.50. The number of rotatable bonds is 7. The van der Waals surface area contributed by atoms with E-state index in [-0.39, 0.29) is 16.8 Å². The summed E-state index contributed by atoms with van der Waals surface area (Å²) in [6.07, 6.45) is 7.37. The van der Waals surface area contributed by atoms with Gasteiger partial charge in [0.05, 0.1) is 11.3 Å². The third-order valence-electron chi connectivity index (χ3n) is 5.33. The van der Waals surface area contributed by atoms with Gasteiger partial charge < -0.3 is 9.47 Å². The first-order valence-corrected chi connectivity index (χ1v) is 10.6. The van der Waals surface area contributed by atoms with Crippen LogP contribution in [0.1, 0.15) is 57.3 Å². The maximum atomic E-state index is 12.5. The number of esters is 2. The Morgan fingerprint density at radius 1 is 1.27 bits per heavy atom. The molecule has 0 spiro atoms. The van der Waals surface area contributed by atoms with Crippen molar-refractivity contribution in [3.05, 3.63) is 29.8 Å². The van der Waals surface area contributed by atoms with Gasteiger partial charge in [-0.3, -0.25) is 5.43 Å². The summed E-state index contributed by atoms with van der Waals surface area (Å²) in [5.74, 6) is 2.25. The van der Waals surface area contributed by atoms with E-state index >= 15 is 0 Å². The number of hydrogen-bond acceptors (Lipinski definition) is 6. The van der Waals surface area contributed by atoms with E-state index in [1.54, 1.807) is 31.2 Å². The summed E-state index contributed by atoms with van der Waals surface area (Å²) in [4.78, 5) is 24.7. The van der Waals surface area contributed by atoms with Gasteiger partial charge in [0.2, 0.25) is 5.17 Å². The molecular weight excluding hydrogens is 404 g/mol. The van der Waals surface area contributed by atoms with Crippen molar-refractivity contribution in [1.29, 1.82) is 0 Å². The summed E-state index contributed by atoms with van der Waals surface area (Å²) in [6.45, 7) is 8.02. The van der Waals surface area contributed by atoms with Crippen LogP contribution in [0.15, 0.2) is 29.4 Å². The second-order valence-corrected chi connectivity index (χ2v) is 8.40. The van der Waals surface area contributed by atoms with Gasteiger partial charge in [-0.1, -0.05) is 56.8 Å². The highest BCUT2D eigenvalue weighted by Gasteiger charge is 2.34. The number of hydrogen-bond donors (Lipinski definition) is 1. The summed E-state index contributed by atoms with van der Waals surface area (Å²) >= 11 is 6.07. The first-order valence-electron chi connectivity index (χ1n) is 10.2. The average Bonchev–Trinajstić information content (AvgIpc) is 2.71. The topological polar surface area (TPSA) is 77.0 Å². The fourth-order valence-electron chi connectivity index (χ4n) is 3.61. The molecule has 1 aliphatic rings. The van der Waals surface area contributed by atoms with Gasteiger partial charge in [0.25, 0.3) is 0 Å². The highest BCUT2D eigenvalue weighted by molar-refractivity contribution is 6.82. The van der Waals surface area contributed by atoms with E-state index in [0.29, 0.717) is 23.4 Å². The Kier molecular flexibility index (Phi) is 8.73. The zero-order valence-corrected chi connectivity index (χ0v) is 18.6. The zero-order valence-electron chi connectivity index (χ0n) is 17.9. The molecule has 0 amide bonds. The van der Waals surface area contributed by atoms with Gasteiger partial charge in [0, 0.05) is 0 Å². The number of nitrogens with zero attached hydrogens (tertiary/aromatic N) is 1. The number of terminal acetylenes is 1. The predicted octanol–water partition coefficient (Wildman–Crippen LogP) is 4.83. The minimum absolute atomic E-state index is 0.183. The number of carbonyl (C=O) groups is 2. The van der Waals surface area contributed by atoms with Crippen LogP contribution in [-0.4, -0.2) is 29.3 Å². The van der Waals surface area contributed by atoms with Gasteiger partial charge in [-0.2, -0.15) is 5.10 Å². The highest BCUT2D eigenvalue weighted by atomic mass is 35.5. The number of benzene rings is 1. The maximum absolute atomic E-state index is 12.5. The zero-order chi connectivity index (χ0) is 22.3. The normalized spacial score (nSPS) is 22.7. The Labute approximate surface area is 183 Å². The molecule has 1 fully saturated rings. The molecule has 4 atom stereocenters. The van der Waals surface area contributed by atoms with E-state index in [9.17, 15) is 9.59 Å². The molecular formula is C23H29ClN2O4. The van der Waals surface area contributed by atoms with Crippen molar-refractivity contribution in [3.63, 3.8) is 0 Å². The summed E-state index contributed by atoms with van der Waals surface area (Å²) < 4.78 is 10.8. The summed E-state index contributed by atoms with van der Waals surface area (Å²) in [7, 11) is 0. The molecule has 6 nitrogen and oxygen atoms in total. The standard InChI is InChI=1S/C23H29ClN2O4/c1-6-16(5)29-22(27)18-9-7-8-10-19(18)25-26-21(24)23(28)30-20-13-15(4)11-12-17(20)14(2)3/h1,7-10,14-17,20,25H,11-13H2,2-5H3/b26-21-/t15-,16+,17+,20-/m1/s1. The highest BCUT2D eigenvalue weighted by Crippen LogP contribution is 2.35. The Hall–Kier alpha value is -2.52. The first kappa shape index (κ1) is 23.8. The van der Waals surface area contributed by atoms with Crippen LogP contribution in [0.25, 0.3) is 0 Å². The lowest BCUT2D eigenvalue weighted by Crippen LogP contribution is -2.37. The molecule has 0 unspecified atom stereocenters. The van der Waals surface area contributed by atoms with Crippen LogP contribution in [0.5, 0.6) is 0 Å². The number of hydrazone groups is 1. The fraction of sp³-hybridized carbons (Fsp3) is 0.522. The van der Waals surface area contributed by atoms with Crippen molar-refractivity contribution in [1.82, 2.24) is 0 Å². The van der Waals surface area contributed by atoms with Crippen LogP contribution in [0.4, 0.5) is 5.69 Å². The molecule has 30 heavy (non-hydrogen) atoms. The van der Waals surface area contributed by atoms with Gasteiger partial charge in [0.15, 0.2) is 6.10 Å². The van der Waals surface area contributed by atoms with Crippen molar-refractivity contribution in [2.24, 2.45) is 22.9 Å². The van der Waals surface area contributed by atoms with Gasteiger partial charge in [-0.05, 0) is 49.7 Å². The van der Waals surface area contributed by atoms with Crippen LogP contribution in [0.3, 0.4) is 0 Å². The van der Waals surface area contributed by atoms with Gasteiger partial charge in [-0.15, -0.1) is 6.42 Å². The second-order valence-electron chi connectivity index (χ2n) is 8.04. The van der Waals surface area contributed by atoms with Crippen LogP contribution in [0, 0.1) is 30.1 Å². The summed E-state index contributed by atoms with van der Waals surface area (Å²) in [5, 5.41) is 3.56. The van der Waals surface area contributed by atoms with E-state index in [1.165, 1.54) is 0 Å². The number of anilines is 1. The lowest BCUT2D eigenvalue weighted by atomic mass is 9.75. The van der Waals surface area contributed by atoms with Crippen molar-refractivity contribution >= 4 is 34.4 Å². The number of nitrogens with one attached hydrogen (secondary N) is 1. The molecule has 7 heteroatoms. The molecule has 1 aliphatic carbocycles. The molecule has 0 aromatic heterocycles. The Bertz CT molecular complexity index is 831. The molecule has 0 bridgehead atoms. The van der Waals surface area contributed by atoms with E-state index in [1.807, 2.05) is 0 Å². The van der Waals surface area contributed by atoms with Gasteiger partial charge >= 0.3 is 11.9 Å². The average molecular weight is 433 g/mol. The Balaban J connectivity index is 2.07. The quantitative estimate of drug-likeness (QED) is 0.289. The minimum atomic E-state index is -0.685. The van der Waals surface area contributed by atoms with Crippen LogP contribution in [-0.2, 0) is 14.3 Å². The molecule has 1 saturated carbocycles. The van der Waals surface area contributed by atoms with Crippen molar-refractivity contribution in [3.8, 4) is 12.3 Å². The molecule has 0 heterocycles. The smallest absolute Gasteiger partial charge is 0.370 e. The van der Waals surface area contributed by atoms with Crippen LogP contribution < -0.4 is 5.43 Å². The minimum Gasteiger partial charge on any atom is -0.457 e. The van der Waals surface area contributed by atoms with Gasteiger partial charge in [-0.25, -0.2) is 9.59 Å². The number of para-hydroxylation sites is 1. The Morgan fingerprint density at radius 3 is 2.63 bits per heavy atom. The predicted molar refractivity (Wildman–Crippen MR) is 118 cm³/mol. The summed E-state index contributed by atoms with van der Waals surface area (Å²) in [6, 6.07) is 6.57. The molecule has 0 radical (unpaired) electrons. The lowest BCUT2D eigenvalue weighted by molar-refractivity contribution is -0.147. The van der Waals surface area contributed by atoms with Crippen molar-refractivity contribution in [2.75, 3.05) is 5.43 Å². The maximum Gasteiger partial charge on any atom is 0.370 e. The number of halogens is 1. The first-order chi connectivity index (χ1) is 14.2. The van der Waals surface area contributed by atoms with E-state index in [4.69, 9.17) is 27.5 Å². The largest absolute Gasteiger partial charge is 0.457 e. The monoisotopic (exact) mass is 432 g/mol. The van der Waals surface area contributed by atoms with Crippen LogP contribution in [0.2, 0.25) is 0 Å². The Morgan fingerprint density at radius 2 is 1.97 bits per heavy atom. The lowest BCUT2D eigenvalue weighted by Gasteiger charge is -2.36. The summed E-state index contributed by atoms with van der Waals surface area (Å²) in [5.41, 5.74) is 3.21. The van der Waals surface area contributed by atoms with E-state index in [0.717, 1.165) is 19.3 Å².